The van der Waals surface area contributed by atoms with Gasteiger partial charge in [0.25, 0.3) is 0 Å². The van der Waals surface area contributed by atoms with Crippen LogP contribution in [0.1, 0.15) is 32.6 Å². The summed E-state index contributed by atoms with van der Waals surface area (Å²) >= 11 is 0. The number of Topliss-reactive ketones (excluding diaryl/α,β-unsaturated/α-hetero) is 1. The molecular formula is C12H16O2. The van der Waals surface area contributed by atoms with Crippen LogP contribution in [0.3, 0.4) is 0 Å². The minimum absolute atomic E-state index is 0.220. The molecule has 2 nitrogen and oxygen atoms in total. The van der Waals surface area contributed by atoms with E-state index >= 15 is 0 Å². The number of allylic oxidation sites excluding steroid dienone is 6. The SMILES string of the molecule is CC(=O)CCCCC(O)=C1C=CC=C1. The Labute approximate surface area is 84.6 Å². The maximum Gasteiger partial charge on any atom is 0.129 e. The number of aliphatic hydroxyl groups excluding tert-OH is 1. The molecule has 1 aliphatic carbocycles. The maximum atomic E-state index is 10.6. The van der Waals surface area contributed by atoms with Gasteiger partial charge in [0.2, 0.25) is 0 Å². The molecule has 0 aromatic rings. The van der Waals surface area contributed by atoms with E-state index in [9.17, 15) is 9.90 Å². The Kier molecular flexibility index (Phi) is 4.17. The van der Waals surface area contributed by atoms with Crippen LogP contribution in [0, 0.1) is 0 Å². The second kappa shape index (κ2) is 5.43. The molecular weight excluding hydrogens is 176 g/mol. The number of hydrogen-bond donors (Lipinski definition) is 1. The van der Waals surface area contributed by atoms with E-state index in [1.54, 1.807) is 6.92 Å². The van der Waals surface area contributed by atoms with Gasteiger partial charge in [-0.25, -0.2) is 0 Å². The Balaban J connectivity index is 2.25. The molecule has 1 rings (SSSR count). The van der Waals surface area contributed by atoms with Crippen molar-refractivity contribution in [2.75, 3.05) is 0 Å². The predicted molar refractivity (Wildman–Crippen MR) is 57.1 cm³/mol. The van der Waals surface area contributed by atoms with Crippen LogP contribution in [-0.4, -0.2) is 10.9 Å². The zero-order chi connectivity index (χ0) is 10.4. The lowest BCUT2D eigenvalue weighted by atomic mass is 10.1. The molecule has 0 bridgehead atoms. The maximum absolute atomic E-state index is 10.6. The van der Waals surface area contributed by atoms with E-state index in [4.69, 9.17) is 0 Å². The molecule has 0 amide bonds. The molecule has 0 aromatic carbocycles. The first-order valence-electron chi connectivity index (χ1n) is 4.96. The molecule has 0 unspecified atom stereocenters. The van der Waals surface area contributed by atoms with E-state index in [-0.39, 0.29) is 5.78 Å². The number of aliphatic hydroxyl groups is 1. The first kappa shape index (κ1) is 10.8. The zero-order valence-electron chi connectivity index (χ0n) is 8.49. The van der Waals surface area contributed by atoms with Crippen molar-refractivity contribution in [3.63, 3.8) is 0 Å². The molecule has 76 valence electrons. The molecule has 0 aliphatic heterocycles. The van der Waals surface area contributed by atoms with Gasteiger partial charge < -0.3 is 9.90 Å². The summed E-state index contributed by atoms with van der Waals surface area (Å²) in [5.41, 5.74) is 0.896. The van der Waals surface area contributed by atoms with Gasteiger partial charge >= 0.3 is 0 Å². The molecule has 2 heteroatoms. The first-order valence-corrected chi connectivity index (χ1v) is 4.96. The van der Waals surface area contributed by atoms with Crippen LogP contribution in [0.2, 0.25) is 0 Å². The molecule has 0 atom stereocenters. The highest BCUT2D eigenvalue weighted by atomic mass is 16.3. The summed E-state index contributed by atoms with van der Waals surface area (Å²) in [5.74, 6) is 0.649. The third kappa shape index (κ3) is 3.60. The molecule has 0 saturated heterocycles. The van der Waals surface area contributed by atoms with Crippen LogP contribution < -0.4 is 0 Å². The van der Waals surface area contributed by atoms with E-state index in [0.717, 1.165) is 18.4 Å². The molecule has 0 aromatic heterocycles. The number of carbonyl (C=O) groups excluding carboxylic acids is 1. The fourth-order valence-corrected chi connectivity index (χ4v) is 1.38. The molecule has 0 saturated carbocycles. The lowest BCUT2D eigenvalue weighted by molar-refractivity contribution is -0.117. The van der Waals surface area contributed by atoms with Crippen LogP contribution in [-0.2, 0) is 4.79 Å². The number of ketones is 1. The van der Waals surface area contributed by atoms with E-state index in [0.29, 0.717) is 18.6 Å². The van der Waals surface area contributed by atoms with Crippen molar-refractivity contribution in [1.29, 1.82) is 0 Å². The second-order valence-corrected chi connectivity index (χ2v) is 3.53. The summed E-state index contributed by atoms with van der Waals surface area (Å²) in [6, 6.07) is 0. The molecule has 0 radical (unpaired) electrons. The van der Waals surface area contributed by atoms with Gasteiger partial charge in [-0.3, -0.25) is 0 Å². The van der Waals surface area contributed by atoms with Gasteiger partial charge in [-0.2, -0.15) is 0 Å². The standard InChI is InChI=1S/C12H16O2/c1-10(13)6-2-5-9-12(14)11-7-3-4-8-11/h3-4,7-8,14H,2,5-6,9H2,1H3. The molecule has 1 N–H and O–H groups in total. The smallest absolute Gasteiger partial charge is 0.129 e. The quantitative estimate of drug-likeness (QED) is 0.537. The van der Waals surface area contributed by atoms with Gasteiger partial charge in [0.05, 0.1) is 5.76 Å². The van der Waals surface area contributed by atoms with E-state index < -0.39 is 0 Å². The number of rotatable bonds is 5. The predicted octanol–water partition coefficient (Wildman–Crippen LogP) is 3.07. The number of carbonyl (C=O) groups is 1. The monoisotopic (exact) mass is 192 g/mol. The Bertz CT molecular complexity index is 281. The van der Waals surface area contributed by atoms with E-state index in [1.165, 1.54) is 0 Å². The Hall–Kier alpha value is -1.31. The Morgan fingerprint density at radius 1 is 1.21 bits per heavy atom. The van der Waals surface area contributed by atoms with Gasteiger partial charge in [0, 0.05) is 18.4 Å². The topological polar surface area (TPSA) is 37.3 Å². The molecule has 0 heterocycles. The third-order valence-corrected chi connectivity index (χ3v) is 2.19. The Morgan fingerprint density at radius 2 is 1.79 bits per heavy atom. The van der Waals surface area contributed by atoms with Crippen molar-refractivity contribution in [2.24, 2.45) is 0 Å². The van der Waals surface area contributed by atoms with Crippen LogP contribution in [0.15, 0.2) is 35.6 Å². The van der Waals surface area contributed by atoms with Crippen molar-refractivity contribution in [1.82, 2.24) is 0 Å². The second-order valence-electron chi connectivity index (χ2n) is 3.53. The van der Waals surface area contributed by atoms with Gasteiger partial charge in [-0.05, 0) is 19.8 Å². The molecule has 1 aliphatic rings. The van der Waals surface area contributed by atoms with Crippen LogP contribution in [0.4, 0.5) is 0 Å². The first-order chi connectivity index (χ1) is 6.70. The largest absolute Gasteiger partial charge is 0.512 e. The Morgan fingerprint density at radius 3 is 2.36 bits per heavy atom. The summed E-state index contributed by atoms with van der Waals surface area (Å²) in [5, 5.41) is 9.61. The molecule has 0 fully saturated rings. The fraction of sp³-hybridized carbons (Fsp3) is 0.417. The highest BCUT2D eigenvalue weighted by molar-refractivity contribution is 5.75. The van der Waals surface area contributed by atoms with E-state index in [2.05, 4.69) is 0 Å². The third-order valence-electron chi connectivity index (χ3n) is 2.19. The van der Waals surface area contributed by atoms with E-state index in [1.807, 2.05) is 24.3 Å². The average molecular weight is 192 g/mol. The highest BCUT2D eigenvalue weighted by Crippen LogP contribution is 2.16. The highest BCUT2D eigenvalue weighted by Gasteiger charge is 2.02. The minimum atomic E-state index is 0.220. The van der Waals surface area contributed by atoms with Gasteiger partial charge in [0.1, 0.15) is 5.78 Å². The molecule has 14 heavy (non-hydrogen) atoms. The number of hydrogen-bond acceptors (Lipinski definition) is 2. The summed E-state index contributed by atoms with van der Waals surface area (Å²) in [7, 11) is 0. The summed E-state index contributed by atoms with van der Waals surface area (Å²) in [4.78, 5) is 10.6. The van der Waals surface area contributed by atoms with Crippen molar-refractivity contribution >= 4 is 5.78 Å². The fourth-order valence-electron chi connectivity index (χ4n) is 1.38. The zero-order valence-corrected chi connectivity index (χ0v) is 8.49. The van der Waals surface area contributed by atoms with Crippen molar-refractivity contribution in [3.05, 3.63) is 35.6 Å². The van der Waals surface area contributed by atoms with Crippen molar-refractivity contribution in [3.8, 4) is 0 Å². The van der Waals surface area contributed by atoms with Gasteiger partial charge in [0.15, 0.2) is 0 Å². The lowest BCUT2D eigenvalue weighted by Gasteiger charge is -2.01. The van der Waals surface area contributed by atoms with Crippen LogP contribution in [0.5, 0.6) is 0 Å². The average Bonchev–Trinajstić information content (AvgIpc) is 2.64. The number of unbranched alkanes of at least 4 members (excludes halogenated alkanes) is 1. The normalized spacial score (nSPS) is 13.6. The van der Waals surface area contributed by atoms with Crippen molar-refractivity contribution < 1.29 is 9.90 Å². The minimum Gasteiger partial charge on any atom is -0.512 e. The summed E-state index contributed by atoms with van der Waals surface area (Å²) in [6.45, 7) is 1.60. The van der Waals surface area contributed by atoms with Gasteiger partial charge in [-0.1, -0.05) is 24.3 Å². The molecule has 0 spiro atoms. The lowest BCUT2D eigenvalue weighted by Crippen LogP contribution is -1.91. The van der Waals surface area contributed by atoms with Crippen molar-refractivity contribution in [2.45, 2.75) is 32.6 Å². The summed E-state index contributed by atoms with van der Waals surface area (Å²) in [6.07, 6.45) is 10.6. The van der Waals surface area contributed by atoms with Gasteiger partial charge in [-0.15, -0.1) is 0 Å². The van der Waals surface area contributed by atoms with Crippen LogP contribution >= 0.6 is 0 Å². The van der Waals surface area contributed by atoms with Crippen LogP contribution in [0.25, 0.3) is 0 Å². The summed E-state index contributed by atoms with van der Waals surface area (Å²) < 4.78 is 0.